The van der Waals surface area contributed by atoms with Crippen molar-refractivity contribution in [3.63, 3.8) is 0 Å². The van der Waals surface area contributed by atoms with Crippen LogP contribution in [0, 0.1) is 0 Å². The quantitative estimate of drug-likeness (QED) is 0.468. The number of hydrogen-bond donors (Lipinski definition) is 0. The van der Waals surface area contributed by atoms with Gasteiger partial charge in [-0.3, -0.25) is 4.99 Å². The van der Waals surface area contributed by atoms with Crippen LogP contribution in [0.4, 0.5) is 0 Å². The van der Waals surface area contributed by atoms with Gasteiger partial charge in [0.25, 0.3) is 0 Å². The molecule has 1 saturated heterocycles. The molecule has 0 amide bonds. The Labute approximate surface area is 55.6 Å². The van der Waals surface area contributed by atoms with E-state index in [0.717, 1.165) is 12.6 Å². The molecule has 0 unspecified atom stereocenters. The highest BCUT2D eigenvalue weighted by Crippen LogP contribution is 2.21. The van der Waals surface area contributed by atoms with E-state index in [4.69, 9.17) is 0 Å². The number of fused-ring (bicyclic) bond motifs is 1. The lowest BCUT2D eigenvalue weighted by Gasteiger charge is -2.16. The van der Waals surface area contributed by atoms with E-state index in [9.17, 15) is 0 Å². The van der Waals surface area contributed by atoms with Crippen molar-refractivity contribution in [2.24, 2.45) is 4.99 Å². The Morgan fingerprint density at radius 1 is 1.67 bits per heavy atom. The van der Waals surface area contributed by atoms with Crippen molar-refractivity contribution in [3.05, 3.63) is 0 Å². The number of amidine groups is 1. The van der Waals surface area contributed by atoms with Gasteiger partial charge in [0, 0.05) is 12.6 Å². The molecule has 2 rings (SSSR count). The fourth-order valence-corrected chi connectivity index (χ4v) is 1.78. The molecule has 0 N–H and O–H groups in total. The molecule has 2 aliphatic heterocycles. The van der Waals surface area contributed by atoms with Crippen molar-refractivity contribution < 1.29 is 0 Å². The summed E-state index contributed by atoms with van der Waals surface area (Å²) in [6.45, 7) is 4.43. The van der Waals surface area contributed by atoms with Crippen LogP contribution in [0.5, 0.6) is 0 Å². The van der Waals surface area contributed by atoms with Crippen molar-refractivity contribution in [1.29, 1.82) is 0 Å². The fraction of sp³-hybridized carbons (Fsp3) is 0.857. The van der Waals surface area contributed by atoms with Gasteiger partial charge in [0.2, 0.25) is 0 Å². The Morgan fingerprint density at radius 3 is 3.33 bits per heavy atom. The van der Waals surface area contributed by atoms with E-state index in [1.807, 2.05) is 0 Å². The largest absolute Gasteiger partial charge is 0.356 e. The van der Waals surface area contributed by atoms with Crippen molar-refractivity contribution >= 4 is 5.84 Å². The summed E-state index contributed by atoms with van der Waals surface area (Å²) in [5.74, 6) is 1.26. The van der Waals surface area contributed by atoms with Crippen LogP contribution < -0.4 is 0 Å². The third-order valence-electron chi connectivity index (χ3n) is 2.32. The molecule has 50 valence electrons. The smallest absolute Gasteiger partial charge is 0.0961 e. The Hall–Kier alpha value is -0.530. The molecular formula is C7H12N2. The zero-order chi connectivity index (χ0) is 6.27. The molecule has 0 saturated carbocycles. The maximum Gasteiger partial charge on any atom is 0.0961 e. The van der Waals surface area contributed by atoms with Crippen LogP contribution in [0.3, 0.4) is 0 Å². The van der Waals surface area contributed by atoms with Crippen molar-refractivity contribution in [2.75, 3.05) is 13.1 Å². The molecule has 0 spiro atoms. The summed E-state index contributed by atoms with van der Waals surface area (Å²) in [4.78, 5) is 6.79. The first-order valence-electron chi connectivity index (χ1n) is 3.65. The topological polar surface area (TPSA) is 15.6 Å². The number of rotatable bonds is 0. The first kappa shape index (κ1) is 5.27. The Balaban J connectivity index is 2.16. The van der Waals surface area contributed by atoms with E-state index < -0.39 is 0 Å². The van der Waals surface area contributed by atoms with Gasteiger partial charge in [0.15, 0.2) is 0 Å². The van der Waals surface area contributed by atoms with Gasteiger partial charge in [-0.1, -0.05) is 0 Å². The maximum absolute atomic E-state index is 4.36. The van der Waals surface area contributed by atoms with Crippen LogP contribution in [0.25, 0.3) is 0 Å². The van der Waals surface area contributed by atoms with Gasteiger partial charge in [-0.05, 0) is 19.8 Å². The molecule has 0 aromatic carbocycles. The second-order valence-electron chi connectivity index (χ2n) is 2.88. The average Bonchev–Trinajstić information content (AvgIpc) is 2.35. The molecule has 0 aliphatic carbocycles. The summed E-state index contributed by atoms with van der Waals surface area (Å²) < 4.78 is 0. The van der Waals surface area contributed by atoms with Gasteiger partial charge in [0.1, 0.15) is 0 Å². The molecule has 2 heteroatoms. The Bertz CT molecular complexity index is 151. The minimum absolute atomic E-state index is 0.782. The van der Waals surface area contributed by atoms with Crippen molar-refractivity contribution in [3.8, 4) is 0 Å². The molecular weight excluding hydrogens is 112 g/mol. The van der Waals surface area contributed by atoms with Crippen LogP contribution in [-0.4, -0.2) is 29.9 Å². The third-order valence-corrected chi connectivity index (χ3v) is 2.32. The van der Waals surface area contributed by atoms with Crippen LogP contribution >= 0.6 is 0 Å². The minimum Gasteiger partial charge on any atom is -0.356 e. The molecule has 0 aromatic rings. The first-order chi connectivity index (χ1) is 4.38. The molecule has 0 radical (unpaired) electrons. The van der Waals surface area contributed by atoms with E-state index in [1.54, 1.807) is 0 Å². The lowest BCUT2D eigenvalue weighted by molar-refractivity contribution is 0.428. The Kier molecular flexibility index (Phi) is 1.01. The lowest BCUT2D eigenvalue weighted by Crippen LogP contribution is -2.28. The zero-order valence-corrected chi connectivity index (χ0v) is 5.80. The average molecular weight is 124 g/mol. The number of hydrogen-bond acceptors (Lipinski definition) is 2. The highest BCUT2D eigenvalue weighted by Gasteiger charge is 2.28. The van der Waals surface area contributed by atoms with Crippen LogP contribution in [0.2, 0.25) is 0 Å². The number of nitrogens with zero attached hydrogens (tertiary/aromatic N) is 2. The van der Waals surface area contributed by atoms with Crippen LogP contribution in [-0.2, 0) is 0 Å². The summed E-state index contributed by atoms with van der Waals surface area (Å²) in [6, 6.07) is 0.782. The fourth-order valence-electron chi connectivity index (χ4n) is 1.78. The van der Waals surface area contributed by atoms with Crippen molar-refractivity contribution in [2.45, 2.75) is 25.8 Å². The maximum atomic E-state index is 4.36. The molecule has 1 fully saturated rings. The van der Waals surface area contributed by atoms with Gasteiger partial charge < -0.3 is 4.90 Å². The van der Waals surface area contributed by atoms with E-state index in [0.29, 0.717) is 0 Å². The summed E-state index contributed by atoms with van der Waals surface area (Å²) in [5.41, 5.74) is 0. The highest BCUT2D eigenvalue weighted by atomic mass is 15.3. The van der Waals surface area contributed by atoms with E-state index >= 15 is 0 Å². The summed E-state index contributed by atoms with van der Waals surface area (Å²) >= 11 is 0. The van der Waals surface area contributed by atoms with Crippen molar-refractivity contribution in [1.82, 2.24) is 4.90 Å². The predicted octanol–water partition coefficient (Wildman–Crippen LogP) is 0.883. The predicted molar refractivity (Wildman–Crippen MR) is 37.7 cm³/mol. The molecule has 2 aliphatic rings. The zero-order valence-electron chi connectivity index (χ0n) is 5.80. The lowest BCUT2D eigenvalue weighted by atomic mass is 10.2. The molecule has 0 aromatic heterocycles. The minimum atomic E-state index is 0.782. The SMILES string of the molecule is CC1=NC[C@@H]2CCCN12. The second-order valence-corrected chi connectivity index (χ2v) is 2.88. The van der Waals surface area contributed by atoms with Gasteiger partial charge >= 0.3 is 0 Å². The third kappa shape index (κ3) is 0.655. The Morgan fingerprint density at radius 2 is 2.56 bits per heavy atom. The highest BCUT2D eigenvalue weighted by molar-refractivity contribution is 5.81. The summed E-state index contributed by atoms with van der Waals surface area (Å²) in [6.07, 6.45) is 2.73. The van der Waals surface area contributed by atoms with Gasteiger partial charge in [-0.15, -0.1) is 0 Å². The van der Waals surface area contributed by atoms with E-state index in [-0.39, 0.29) is 0 Å². The molecule has 9 heavy (non-hydrogen) atoms. The summed E-state index contributed by atoms with van der Waals surface area (Å²) in [5, 5.41) is 0. The van der Waals surface area contributed by atoms with Crippen LogP contribution in [0.1, 0.15) is 19.8 Å². The molecule has 0 bridgehead atoms. The van der Waals surface area contributed by atoms with E-state index in [2.05, 4.69) is 16.8 Å². The van der Waals surface area contributed by atoms with Gasteiger partial charge in [0.05, 0.1) is 12.4 Å². The molecule has 2 nitrogen and oxygen atoms in total. The van der Waals surface area contributed by atoms with E-state index in [1.165, 1.54) is 25.2 Å². The number of aliphatic imine (C=N–C) groups is 1. The molecule has 1 atom stereocenters. The first-order valence-corrected chi connectivity index (χ1v) is 3.65. The molecule has 2 heterocycles. The second kappa shape index (κ2) is 1.72. The monoisotopic (exact) mass is 124 g/mol. The standard InChI is InChI=1S/C7H12N2/c1-6-8-5-7-3-2-4-9(6)7/h7H,2-5H2,1H3/t7-/m0/s1. The van der Waals surface area contributed by atoms with Crippen LogP contribution in [0.15, 0.2) is 4.99 Å². The summed E-state index contributed by atoms with van der Waals surface area (Å²) in [7, 11) is 0. The normalized spacial score (nSPS) is 32.8. The van der Waals surface area contributed by atoms with Gasteiger partial charge in [-0.2, -0.15) is 0 Å². The van der Waals surface area contributed by atoms with Gasteiger partial charge in [-0.25, -0.2) is 0 Å².